The van der Waals surface area contributed by atoms with Gasteiger partial charge in [-0.15, -0.1) is 0 Å². The van der Waals surface area contributed by atoms with Gasteiger partial charge in [-0.25, -0.2) is 8.42 Å². The average molecular weight is 286 g/mol. The molecule has 1 aliphatic rings. The van der Waals surface area contributed by atoms with E-state index in [4.69, 9.17) is 0 Å². The Kier molecular flexibility index (Phi) is 2.72. The molecule has 3 rings (SSSR count). The molecule has 0 unspecified atom stereocenters. The normalized spacial score (nSPS) is 18.2. The van der Waals surface area contributed by atoms with Crippen molar-refractivity contribution in [1.29, 1.82) is 0 Å². The number of hydrogen-bond donors (Lipinski definition) is 1. The summed E-state index contributed by atoms with van der Waals surface area (Å²) < 4.78 is 24.7. The molecule has 0 bridgehead atoms. The number of carbonyl (C=O) groups is 1. The Balaban J connectivity index is 2.17. The van der Waals surface area contributed by atoms with E-state index >= 15 is 0 Å². The Bertz CT molecular complexity index is 830. The molecule has 0 atom stereocenters. The van der Waals surface area contributed by atoms with E-state index in [2.05, 4.69) is 0 Å². The van der Waals surface area contributed by atoms with Gasteiger partial charge in [0.2, 0.25) is 15.6 Å². The maximum absolute atomic E-state index is 12.3. The highest BCUT2D eigenvalue weighted by Crippen LogP contribution is 2.34. The zero-order chi connectivity index (χ0) is 14.3. The number of fused-ring (bicyclic) bond motifs is 1. The average Bonchev–Trinajstić information content (AvgIpc) is 2.63. The van der Waals surface area contributed by atoms with Crippen LogP contribution in [0.15, 0.2) is 58.3 Å². The van der Waals surface area contributed by atoms with Gasteiger partial charge in [-0.1, -0.05) is 24.3 Å². The predicted octanol–water partition coefficient (Wildman–Crippen LogP) is 2.40. The van der Waals surface area contributed by atoms with Crippen LogP contribution >= 0.6 is 0 Å². The molecule has 0 radical (unpaired) electrons. The number of phenols is 1. The number of carbonyl (C=O) groups excluding carboxylic acids is 1. The smallest absolute Gasteiger partial charge is 0.211 e. The first-order valence-electron chi connectivity index (χ1n) is 5.90. The molecule has 0 saturated heterocycles. The molecule has 1 aliphatic heterocycles. The molecule has 1 N–H and O–H groups in total. The summed E-state index contributed by atoms with van der Waals surface area (Å²) in [6.45, 7) is 0. The molecule has 2 aromatic rings. The highest BCUT2D eigenvalue weighted by Gasteiger charge is 2.38. The molecule has 0 amide bonds. The summed E-state index contributed by atoms with van der Waals surface area (Å²) in [7, 11) is -3.75. The quantitative estimate of drug-likeness (QED) is 0.817. The van der Waals surface area contributed by atoms with Gasteiger partial charge in [0.05, 0.1) is 4.90 Å². The van der Waals surface area contributed by atoms with Gasteiger partial charge in [-0.2, -0.15) is 0 Å². The molecular weight excluding hydrogens is 276 g/mol. The summed E-state index contributed by atoms with van der Waals surface area (Å²) in [5, 5.41) is 9.21. The van der Waals surface area contributed by atoms with Crippen LogP contribution < -0.4 is 0 Å². The Labute approximate surface area is 115 Å². The second-order valence-corrected chi connectivity index (χ2v) is 6.32. The zero-order valence-corrected chi connectivity index (χ0v) is 11.1. The Morgan fingerprint density at radius 2 is 1.60 bits per heavy atom. The molecule has 1 heterocycles. The van der Waals surface area contributed by atoms with Gasteiger partial charge in [-0.05, 0) is 35.9 Å². The van der Waals surface area contributed by atoms with Gasteiger partial charge in [0.15, 0.2) is 0 Å². The van der Waals surface area contributed by atoms with Crippen molar-refractivity contribution >= 4 is 21.7 Å². The van der Waals surface area contributed by atoms with Crippen molar-refractivity contribution in [3.05, 3.63) is 64.6 Å². The number of aromatic hydroxyl groups is 1. The second kappa shape index (κ2) is 4.31. The fraction of sp³-hybridized carbons (Fsp3) is 0. The van der Waals surface area contributed by atoms with Crippen LogP contribution in [0.2, 0.25) is 0 Å². The third-order valence-corrected chi connectivity index (χ3v) is 4.94. The van der Waals surface area contributed by atoms with E-state index in [1.807, 2.05) is 0 Å². The van der Waals surface area contributed by atoms with Crippen LogP contribution in [0, 0.1) is 0 Å². The minimum absolute atomic E-state index is 0.0510. The fourth-order valence-electron chi connectivity index (χ4n) is 2.13. The lowest BCUT2D eigenvalue weighted by molar-refractivity contribution is 0.104. The molecule has 0 aliphatic carbocycles. The third kappa shape index (κ3) is 1.83. The van der Waals surface area contributed by atoms with E-state index in [1.54, 1.807) is 24.3 Å². The van der Waals surface area contributed by atoms with Gasteiger partial charge in [0.1, 0.15) is 10.7 Å². The van der Waals surface area contributed by atoms with Crippen molar-refractivity contribution in [3.63, 3.8) is 0 Å². The largest absolute Gasteiger partial charge is 0.508 e. The van der Waals surface area contributed by atoms with Crippen LogP contribution in [-0.2, 0) is 9.84 Å². The van der Waals surface area contributed by atoms with Crippen LogP contribution in [0.5, 0.6) is 5.75 Å². The lowest BCUT2D eigenvalue weighted by Gasteiger charge is -1.98. The Morgan fingerprint density at radius 1 is 0.950 bits per heavy atom. The lowest BCUT2D eigenvalue weighted by Crippen LogP contribution is -2.01. The van der Waals surface area contributed by atoms with Crippen LogP contribution in [0.25, 0.3) is 6.08 Å². The van der Waals surface area contributed by atoms with E-state index < -0.39 is 15.6 Å². The first-order valence-corrected chi connectivity index (χ1v) is 7.38. The summed E-state index contributed by atoms with van der Waals surface area (Å²) >= 11 is 0. The summed E-state index contributed by atoms with van der Waals surface area (Å²) in [5.74, 6) is -0.412. The van der Waals surface area contributed by atoms with E-state index in [0.29, 0.717) is 5.56 Å². The minimum atomic E-state index is -3.75. The molecular formula is C15H10O4S. The first-order chi connectivity index (χ1) is 9.50. The van der Waals surface area contributed by atoms with Gasteiger partial charge >= 0.3 is 0 Å². The van der Waals surface area contributed by atoms with Crippen molar-refractivity contribution in [2.45, 2.75) is 4.90 Å². The highest BCUT2D eigenvalue weighted by molar-refractivity contribution is 7.97. The number of hydrogen-bond acceptors (Lipinski definition) is 4. The summed E-state index contributed by atoms with van der Waals surface area (Å²) in [5.41, 5.74) is 0.750. The standard InChI is InChI=1S/C15H10O4S/c16-11-7-5-10(6-8-11)9-14-15(17)12-3-1-2-4-13(12)20(14,18)19/h1-9,16H/b14-9+. The summed E-state index contributed by atoms with van der Waals surface area (Å²) in [4.78, 5) is 12.0. The highest BCUT2D eigenvalue weighted by atomic mass is 32.2. The van der Waals surface area contributed by atoms with E-state index in [-0.39, 0.29) is 21.1 Å². The van der Waals surface area contributed by atoms with Crippen molar-refractivity contribution < 1.29 is 18.3 Å². The van der Waals surface area contributed by atoms with Crippen LogP contribution in [0.1, 0.15) is 15.9 Å². The lowest BCUT2D eigenvalue weighted by atomic mass is 10.1. The zero-order valence-electron chi connectivity index (χ0n) is 10.3. The van der Waals surface area contributed by atoms with E-state index in [9.17, 15) is 18.3 Å². The summed E-state index contributed by atoms with van der Waals surface area (Å²) in [6, 6.07) is 12.1. The van der Waals surface area contributed by atoms with Crippen LogP contribution in [0.4, 0.5) is 0 Å². The SMILES string of the molecule is O=C1/C(=C\c2ccc(O)cc2)S(=O)(=O)c2ccccc21. The molecule has 2 aromatic carbocycles. The predicted molar refractivity (Wildman–Crippen MR) is 74.0 cm³/mol. The van der Waals surface area contributed by atoms with Crippen molar-refractivity contribution in [2.75, 3.05) is 0 Å². The number of ketones is 1. The van der Waals surface area contributed by atoms with Gasteiger partial charge in [0.25, 0.3) is 0 Å². The van der Waals surface area contributed by atoms with E-state index in [0.717, 1.165) is 0 Å². The minimum Gasteiger partial charge on any atom is -0.508 e. The number of Topliss-reactive ketones (excluding diaryl/α,β-unsaturated/α-hetero) is 1. The summed E-state index contributed by atoms with van der Waals surface area (Å²) in [6.07, 6.45) is 1.33. The van der Waals surface area contributed by atoms with Crippen LogP contribution in [-0.4, -0.2) is 19.3 Å². The van der Waals surface area contributed by atoms with Crippen molar-refractivity contribution in [2.24, 2.45) is 0 Å². The molecule has 0 fully saturated rings. The first kappa shape index (κ1) is 12.6. The fourth-order valence-corrected chi connectivity index (χ4v) is 3.72. The maximum Gasteiger partial charge on any atom is 0.211 e. The van der Waals surface area contributed by atoms with Gasteiger partial charge in [-0.3, -0.25) is 4.79 Å². The maximum atomic E-state index is 12.3. The van der Waals surface area contributed by atoms with Gasteiger partial charge < -0.3 is 5.11 Å². The van der Waals surface area contributed by atoms with Gasteiger partial charge in [0, 0.05) is 5.56 Å². The number of allylic oxidation sites excluding steroid dienone is 1. The Hall–Kier alpha value is -2.40. The van der Waals surface area contributed by atoms with Crippen LogP contribution in [0.3, 0.4) is 0 Å². The van der Waals surface area contributed by atoms with Crippen molar-refractivity contribution in [1.82, 2.24) is 0 Å². The topological polar surface area (TPSA) is 71.4 Å². The molecule has 0 saturated carbocycles. The third-order valence-electron chi connectivity index (χ3n) is 3.13. The molecule has 0 aromatic heterocycles. The number of phenolic OH excluding ortho intramolecular Hbond substituents is 1. The number of benzene rings is 2. The molecule has 5 heteroatoms. The Morgan fingerprint density at radius 3 is 2.25 bits per heavy atom. The molecule has 4 nitrogen and oxygen atoms in total. The second-order valence-electron chi connectivity index (χ2n) is 4.43. The molecule has 0 spiro atoms. The van der Waals surface area contributed by atoms with E-state index in [1.165, 1.54) is 30.3 Å². The molecule has 20 heavy (non-hydrogen) atoms. The number of sulfone groups is 1. The van der Waals surface area contributed by atoms with Crippen molar-refractivity contribution in [3.8, 4) is 5.75 Å². The molecule has 100 valence electrons. The number of rotatable bonds is 1. The monoisotopic (exact) mass is 286 g/mol.